The molecule has 0 radical (unpaired) electrons. The SMILES string of the molecule is FC1CCC(c2ccc(Cl)c(Cl)c2)CC1. The molecule has 1 aromatic carbocycles. The van der Waals surface area contributed by atoms with Crippen LogP contribution in [0.3, 0.4) is 0 Å². The molecule has 1 aliphatic rings. The van der Waals surface area contributed by atoms with Crippen molar-refractivity contribution in [1.82, 2.24) is 0 Å². The number of hydrogen-bond acceptors (Lipinski definition) is 0. The molecule has 82 valence electrons. The minimum Gasteiger partial charge on any atom is -0.247 e. The Hall–Kier alpha value is -0.270. The van der Waals surface area contributed by atoms with Gasteiger partial charge in [-0.15, -0.1) is 0 Å². The van der Waals surface area contributed by atoms with E-state index in [2.05, 4.69) is 0 Å². The Balaban J connectivity index is 2.12. The summed E-state index contributed by atoms with van der Waals surface area (Å²) in [6, 6.07) is 5.73. The predicted octanol–water partition coefficient (Wildman–Crippen LogP) is 4.99. The fourth-order valence-corrected chi connectivity index (χ4v) is 2.46. The molecule has 0 spiro atoms. The summed E-state index contributed by atoms with van der Waals surface area (Å²) in [6.07, 6.45) is 2.57. The van der Waals surface area contributed by atoms with Crippen molar-refractivity contribution >= 4 is 23.2 Å². The normalized spacial score (nSPS) is 26.6. The Labute approximate surface area is 99.4 Å². The van der Waals surface area contributed by atoms with Crippen molar-refractivity contribution in [3.05, 3.63) is 33.8 Å². The van der Waals surface area contributed by atoms with Crippen molar-refractivity contribution in [1.29, 1.82) is 0 Å². The zero-order chi connectivity index (χ0) is 10.8. The highest BCUT2D eigenvalue weighted by Gasteiger charge is 2.22. The molecule has 0 atom stereocenters. The molecular weight excluding hydrogens is 234 g/mol. The van der Waals surface area contributed by atoms with Crippen LogP contribution in [0.2, 0.25) is 10.0 Å². The molecule has 1 saturated carbocycles. The summed E-state index contributed by atoms with van der Waals surface area (Å²) in [5.74, 6) is 0.451. The van der Waals surface area contributed by atoms with E-state index in [1.54, 1.807) is 0 Å². The van der Waals surface area contributed by atoms with Gasteiger partial charge >= 0.3 is 0 Å². The molecule has 0 amide bonds. The Bertz CT molecular complexity index is 343. The molecule has 0 saturated heterocycles. The van der Waals surface area contributed by atoms with E-state index in [0.29, 0.717) is 28.8 Å². The molecule has 0 bridgehead atoms. The van der Waals surface area contributed by atoms with Gasteiger partial charge in [-0.3, -0.25) is 0 Å². The van der Waals surface area contributed by atoms with Gasteiger partial charge in [-0.1, -0.05) is 29.3 Å². The molecule has 0 aliphatic heterocycles. The van der Waals surface area contributed by atoms with E-state index in [1.807, 2.05) is 18.2 Å². The van der Waals surface area contributed by atoms with E-state index in [9.17, 15) is 4.39 Å². The standard InChI is InChI=1S/C12H13Cl2F/c13-11-6-3-9(7-12(11)14)8-1-4-10(15)5-2-8/h3,6-8,10H,1-2,4-5H2. The second-order valence-corrected chi connectivity index (χ2v) is 4.94. The zero-order valence-corrected chi connectivity index (χ0v) is 9.86. The summed E-state index contributed by atoms with van der Waals surface area (Å²) in [7, 11) is 0. The van der Waals surface area contributed by atoms with Gasteiger partial charge in [0, 0.05) is 0 Å². The first-order valence-corrected chi connectivity index (χ1v) is 6.01. The van der Waals surface area contributed by atoms with Gasteiger partial charge in [0.1, 0.15) is 6.17 Å². The molecule has 2 rings (SSSR count). The molecule has 3 heteroatoms. The van der Waals surface area contributed by atoms with Crippen LogP contribution in [0.5, 0.6) is 0 Å². The predicted molar refractivity (Wildman–Crippen MR) is 62.6 cm³/mol. The highest BCUT2D eigenvalue weighted by molar-refractivity contribution is 6.42. The Morgan fingerprint density at radius 3 is 2.27 bits per heavy atom. The molecule has 0 aromatic heterocycles. The van der Waals surface area contributed by atoms with Crippen LogP contribution >= 0.6 is 23.2 Å². The molecule has 1 aromatic rings. The lowest BCUT2D eigenvalue weighted by Crippen LogP contribution is -2.13. The summed E-state index contributed by atoms with van der Waals surface area (Å²) >= 11 is 11.8. The Kier molecular flexibility index (Phi) is 3.53. The molecule has 0 nitrogen and oxygen atoms in total. The third-order valence-corrected chi connectivity index (χ3v) is 3.81. The molecule has 0 unspecified atom stereocenters. The Morgan fingerprint density at radius 1 is 1.00 bits per heavy atom. The maximum absolute atomic E-state index is 13.0. The van der Waals surface area contributed by atoms with Crippen LogP contribution in [0, 0.1) is 0 Å². The monoisotopic (exact) mass is 246 g/mol. The molecule has 1 aliphatic carbocycles. The molecule has 1 fully saturated rings. The maximum Gasteiger partial charge on any atom is 0.100 e. The summed E-state index contributed by atoms with van der Waals surface area (Å²) in [6.45, 7) is 0. The first-order chi connectivity index (χ1) is 7.16. The van der Waals surface area contributed by atoms with Crippen molar-refractivity contribution in [3.8, 4) is 0 Å². The van der Waals surface area contributed by atoms with E-state index < -0.39 is 6.17 Å². The molecular formula is C12H13Cl2F. The first kappa shape index (κ1) is 11.2. The van der Waals surface area contributed by atoms with Crippen LogP contribution < -0.4 is 0 Å². The van der Waals surface area contributed by atoms with Gasteiger partial charge < -0.3 is 0 Å². The number of alkyl halides is 1. The number of halogens is 3. The summed E-state index contributed by atoms with van der Waals surface area (Å²) in [5, 5.41) is 1.18. The number of benzene rings is 1. The maximum atomic E-state index is 13.0. The first-order valence-electron chi connectivity index (χ1n) is 5.26. The number of hydrogen-bond donors (Lipinski definition) is 0. The van der Waals surface area contributed by atoms with Crippen LogP contribution in [0.4, 0.5) is 4.39 Å². The largest absolute Gasteiger partial charge is 0.247 e. The Morgan fingerprint density at radius 2 is 1.67 bits per heavy atom. The van der Waals surface area contributed by atoms with Crippen LogP contribution in [0.15, 0.2) is 18.2 Å². The van der Waals surface area contributed by atoms with E-state index in [0.717, 1.165) is 12.8 Å². The smallest absolute Gasteiger partial charge is 0.100 e. The van der Waals surface area contributed by atoms with Gasteiger partial charge in [-0.05, 0) is 49.3 Å². The van der Waals surface area contributed by atoms with E-state index in [-0.39, 0.29) is 0 Å². The third kappa shape index (κ3) is 2.64. The summed E-state index contributed by atoms with van der Waals surface area (Å²) in [4.78, 5) is 0. The minimum absolute atomic E-state index is 0.451. The van der Waals surface area contributed by atoms with Crippen molar-refractivity contribution in [2.75, 3.05) is 0 Å². The average molecular weight is 247 g/mol. The minimum atomic E-state index is -0.607. The lowest BCUT2D eigenvalue weighted by Gasteiger charge is -2.24. The highest BCUT2D eigenvalue weighted by atomic mass is 35.5. The van der Waals surface area contributed by atoms with Gasteiger partial charge in [0.15, 0.2) is 0 Å². The van der Waals surface area contributed by atoms with Crippen LogP contribution in [0.1, 0.15) is 37.2 Å². The van der Waals surface area contributed by atoms with Gasteiger partial charge in [-0.2, -0.15) is 0 Å². The van der Waals surface area contributed by atoms with Gasteiger partial charge in [-0.25, -0.2) is 4.39 Å². The fourth-order valence-electron chi connectivity index (χ4n) is 2.15. The van der Waals surface area contributed by atoms with Crippen LogP contribution in [-0.2, 0) is 0 Å². The number of rotatable bonds is 1. The van der Waals surface area contributed by atoms with Crippen molar-refractivity contribution in [2.45, 2.75) is 37.8 Å². The topological polar surface area (TPSA) is 0 Å². The van der Waals surface area contributed by atoms with Crippen molar-refractivity contribution < 1.29 is 4.39 Å². The van der Waals surface area contributed by atoms with E-state index in [4.69, 9.17) is 23.2 Å². The second-order valence-electron chi connectivity index (χ2n) is 4.12. The van der Waals surface area contributed by atoms with E-state index >= 15 is 0 Å². The lowest BCUT2D eigenvalue weighted by atomic mass is 9.83. The van der Waals surface area contributed by atoms with Gasteiger partial charge in [0.05, 0.1) is 10.0 Å². The molecule has 15 heavy (non-hydrogen) atoms. The van der Waals surface area contributed by atoms with Crippen LogP contribution in [0.25, 0.3) is 0 Å². The average Bonchev–Trinajstić information content (AvgIpc) is 2.23. The summed E-state index contributed by atoms with van der Waals surface area (Å²) < 4.78 is 13.0. The fraction of sp³-hybridized carbons (Fsp3) is 0.500. The molecule has 0 heterocycles. The summed E-state index contributed by atoms with van der Waals surface area (Å²) in [5.41, 5.74) is 1.19. The second kappa shape index (κ2) is 4.71. The quantitative estimate of drug-likeness (QED) is 0.655. The van der Waals surface area contributed by atoms with Crippen molar-refractivity contribution in [2.24, 2.45) is 0 Å². The van der Waals surface area contributed by atoms with Gasteiger partial charge in [0.25, 0.3) is 0 Å². The van der Waals surface area contributed by atoms with Crippen LogP contribution in [-0.4, -0.2) is 6.17 Å². The van der Waals surface area contributed by atoms with Gasteiger partial charge in [0.2, 0.25) is 0 Å². The highest BCUT2D eigenvalue weighted by Crippen LogP contribution is 2.36. The zero-order valence-electron chi connectivity index (χ0n) is 8.35. The van der Waals surface area contributed by atoms with Crippen molar-refractivity contribution in [3.63, 3.8) is 0 Å². The van der Waals surface area contributed by atoms with E-state index in [1.165, 1.54) is 5.56 Å². The molecule has 0 N–H and O–H groups in total. The lowest BCUT2D eigenvalue weighted by molar-refractivity contribution is 0.235. The third-order valence-electron chi connectivity index (χ3n) is 3.07.